The van der Waals surface area contributed by atoms with E-state index in [1.54, 1.807) is 14.0 Å². The predicted molar refractivity (Wildman–Crippen MR) is 75.6 cm³/mol. The summed E-state index contributed by atoms with van der Waals surface area (Å²) in [6.07, 6.45) is 9.69. The van der Waals surface area contributed by atoms with Crippen LogP contribution in [0.4, 0.5) is 0 Å². The number of unbranched alkanes of at least 4 members (excludes halogenated alkanes) is 7. The van der Waals surface area contributed by atoms with E-state index >= 15 is 0 Å². The fourth-order valence-electron chi connectivity index (χ4n) is 1.41. The Balaban J connectivity index is 0. The minimum Gasteiger partial charge on any atom is -0.481 e. The maximum atomic E-state index is 10.2. The molecular weight excluding hydrogens is 230 g/mol. The Hall–Kier alpha value is -0.610. The molecule has 18 heavy (non-hydrogen) atoms. The van der Waals surface area contributed by atoms with E-state index in [0.29, 0.717) is 6.42 Å². The topological polar surface area (TPSA) is 69.6 Å². The second-order valence-electron chi connectivity index (χ2n) is 4.58. The van der Waals surface area contributed by atoms with Crippen molar-refractivity contribution in [1.29, 1.82) is 0 Å². The molecule has 0 amide bonds. The first-order valence-electron chi connectivity index (χ1n) is 7.11. The summed E-state index contributed by atoms with van der Waals surface area (Å²) < 4.78 is 0. The Labute approximate surface area is 112 Å². The van der Waals surface area contributed by atoms with Crippen molar-refractivity contribution in [2.24, 2.45) is 0 Å². The molecule has 0 spiro atoms. The molecule has 3 N–H and O–H groups in total. The van der Waals surface area contributed by atoms with E-state index in [4.69, 9.17) is 10.2 Å². The third-order valence-electron chi connectivity index (χ3n) is 2.66. The van der Waals surface area contributed by atoms with Crippen molar-refractivity contribution in [1.82, 2.24) is 5.32 Å². The lowest BCUT2D eigenvalue weighted by molar-refractivity contribution is -0.137. The van der Waals surface area contributed by atoms with Gasteiger partial charge in [-0.25, -0.2) is 0 Å². The monoisotopic (exact) mass is 261 g/mol. The second kappa shape index (κ2) is 16.4. The maximum absolute atomic E-state index is 10.2. The van der Waals surface area contributed by atoms with Crippen molar-refractivity contribution in [2.75, 3.05) is 7.05 Å². The predicted octanol–water partition coefficient (Wildman–Crippen LogP) is 3.15. The number of carboxylic acid groups (broad SMARTS) is 1. The van der Waals surface area contributed by atoms with Gasteiger partial charge in [0.2, 0.25) is 0 Å². The molecule has 0 fully saturated rings. The summed E-state index contributed by atoms with van der Waals surface area (Å²) in [5, 5.41) is 19.2. The summed E-state index contributed by atoms with van der Waals surface area (Å²) in [4.78, 5) is 10.2. The van der Waals surface area contributed by atoms with Gasteiger partial charge in [0.05, 0.1) is 0 Å². The van der Waals surface area contributed by atoms with E-state index in [-0.39, 0.29) is 6.23 Å². The number of rotatable bonds is 10. The molecule has 0 aromatic carbocycles. The Morgan fingerprint density at radius 1 is 1.06 bits per heavy atom. The Morgan fingerprint density at radius 3 is 1.78 bits per heavy atom. The molecule has 0 heterocycles. The van der Waals surface area contributed by atoms with E-state index in [9.17, 15) is 4.79 Å². The molecular formula is C14H31NO3. The number of carboxylic acids is 1. The fraction of sp³-hybridized carbons (Fsp3) is 0.929. The van der Waals surface area contributed by atoms with Gasteiger partial charge < -0.3 is 10.2 Å². The highest BCUT2D eigenvalue weighted by molar-refractivity contribution is 5.66. The third-order valence-corrected chi connectivity index (χ3v) is 2.66. The minimum atomic E-state index is -0.661. The van der Waals surface area contributed by atoms with E-state index in [2.05, 4.69) is 12.2 Å². The van der Waals surface area contributed by atoms with Crippen LogP contribution in [0.25, 0.3) is 0 Å². The molecule has 4 heteroatoms. The van der Waals surface area contributed by atoms with Gasteiger partial charge in [-0.1, -0.05) is 51.9 Å². The van der Waals surface area contributed by atoms with Crippen LogP contribution in [0.3, 0.4) is 0 Å². The number of aliphatic carboxylic acids is 1. The Kier molecular flexibility index (Phi) is 18.0. The molecule has 0 rings (SSSR count). The lowest BCUT2D eigenvalue weighted by Crippen LogP contribution is -2.19. The number of aliphatic hydroxyl groups is 1. The van der Waals surface area contributed by atoms with Gasteiger partial charge >= 0.3 is 5.97 Å². The molecule has 0 aliphatic rings. The van der Waals surface area contributed by atoms with Gasteiger partial charge in [-0.15, -0.1) is 0 Å². The fourth-order valence-corrected chi connectivity index (χ4v) is 1.41. The third kappa shape index (κ3) is 24.6. The highest BCUT2D eigenvalue weighted by Crippen LogP contribution is 2.09. The van der Waals surface area contributed by atoms with E-state index in [1.807, 2.05) is 0 Å². The maximum Gasteiger partial charge on any atom is 0.303 e. The standard InChI is InChI=1S/C11H22O2.C3H9NO/c1-2-3-4-5-6-7-8-9-10-11(12)13;1-3(5)4-2/h2-10H2,1H3,(H,12,13);3-5H,1-2H3. The van der Waals surface area contributed by atoms with Gasteiger partial charge in [-0.3, -0.25) is 10.1 Å². The lowest BCUT2D eigenvalue weighted by Gasteiger charge is -1.99. The quantitative estimate of drug-likeness (QED) is 0.417. The summed E-state index contributed by atoms with van der Waals surface area (Å²) in [6, 6.07) is 0. The van der Waals surface area contributed by atoms with Gasteiger partial charge in [-0.05, 0) is 20.4 Å². The number of aliphatic hydroxyl groups excluding tert-OH is 1. The van der Waals surface area contributed by atoms with Crippen LogP contribution < -0.4 is 5.32 Å². The van der Waals surface area contributed by atoms with Crippen LogP contribution in [-0.4, -0.2) is 29.5 Å². The summed E-state index contributed by atoms with van der Waals surface area (Å²) in [7, 11) is 1.70. The average Bonchev–Trinajstić information content (AvgIpc) is 2.33. The Morgan fingerprint density at radius 2 is 1.44 bits per heavy atom. The molecule has 0 saturated carbocycles. The molecule has 0 aromatic heterocycles. The zero-order valence-electron chi connectivity index (χ0n) is 12.2. The van der Waals surface area contributed by atoms with Gasteiger partial charge in [0, 0.05) is 6.42 Å². The molecule has 0 bridgehead atoms. The molecule has 0 aliphatic heterocycles. The first kappa shape index (κ1) is 19.7. The smallest absolute Gasteiger partial charge is 0.303 e. The van der Waals surface area contributed by atoms with Gasteiger partial charge in [0.15, 0.2) is 0 Å². The zero-order chi connectivity index (χ0) is 14.2. The van der Waals surface area contributed by atoms with E-state index in [0.717, 1.165) is 12.8 Å². The molecule has 0 aliphatic carbocycles. The van der Waals surface area contributed by atoms with Gasteiger partial charge in [-0.2, -0.15) is 0 Å². The number of hydrogen-bond donors (Lipinski definition) is 3. The van der Waals surface area contributed by atoms with Gasteiger partial charge in [0.1, 0.15) is 6.23 Å². The molecule has 1 unspecified atom stereocenters. The summed E-state index contributed by atoms with van der Waals surface area (Å²) in [6.45, 7) is 3.88. The zero-order valence-corrected chi connectivity index (χ0v) is 12.2. The van der Waals surface area contributed by atoms with Crippen LogP contribution in [0.1, 0.15) is 71.6 Å². The van der Waals surface area contributed by atoms with Crippen molar-refractivity contribution in [2.45, 2.75) is 77.9 Å². The van der Waals surface area contributed by atoms with Crippen LogP contribution in [-0.2, 0) is 4.79 Å². The molecule has 0 saturated heterocycles. The van der Waals surface area contributed by atoms with Crippen LogP contribution >= 0.6 is 0 Å². The molecule has 0 aromatic rings. The van der Waals surface area contributed by atoms with Crippen molar-refractivity contribution < 1.29 is 15.0 Å². The van der Waals surface area contributed by atoms with Gasteiger partial charge in [0.25, 0.3) is 0 Å². The number of nitrogens with one attached hydrogen (secondary N) is 1. The lowest BCUT2D eigenvalue weighted by atomic mass is 10.1. The average molecular weight is 261 g/mol. The molecule has 0 radical (unpaired) electrons. The van der Waals surface area contributed by atoms with Crippen molar-refractivity contribution in [3.8, 4) is 0 Å². The molecule has 110 valence electrons. The summed E-state index contributed by atoms with van der Waals surface area (Å²) in [5.74, 6) is -0.661. The number of carbonyl (C=O) groups is 1. The highest BCUT2D eigenvalue weighted by Gasteiger charge is 1.95. The van der Waals surface area contributed by atoms with Crippen molar-refractivity contribution >= 4 is 5.97 Å². The minimum absolute atomic E-state index is 0.342. The molecule has 1 atom stereocenters. The Bertz CT molecular complexity index is 172. The number of hydrogen-bond acceptors (Lipinski definition) is 3. The van der Waals surface area contributed by atoms with Crippen molar-refractivity contribution in [3.63, 3.8) is 0 Å². The van der Waals surface area contributed by atoms with E-state index in [1.165, 1.54) is 38.5 Å². The molecule has 4 nitrogen and oxygen atoms in total. The first-order chi connectivity index (χ1) is 8.54. The van der Waals surface area contributed by atoms with Crippen LogP contribution in [0.2, 0.25) is 0 Å². The summed E-state index contributed by atoms with van der Waals surface area (Å²) in [5.41, 5.74) is 0. The first-order valence-corrected chi connectivity index (χ1v) is 7.11. The second-order valence-corrected chi connectivity index (χ2v) is 4.58. The normalized spacial score (nSPS) is 11.6. The highest BCUT2D eigenvalue weighted by atomic mass is 16.4. The summed E-state index contributed by atoms with van der Waals surface area (Å²) >= 11 is 0. The van der Waals surface area contributed by atoms with Crippen molar-refractivity contribution in [3.05, 3.63) is 0 Å². The van der Waals surface area contributed by atoms with Crippen LogP contribution in [0, 0.1) is 0 Å². The largest absolute Gasteiger partial charge is 0.481 e. The van der Waals surface area contributed by atoms with Crippen LogP contribution in [0.5, 0.6) is 0 Å². The SMILES string of the molecule is CCCCCCCCCCC(=O)O.CNC(C)O. The van der Waals surface area contributed by atoms with Crippen LogP contribution in [0.15, 0.2) is 0 Å². The van der Waals surface area contributed by atoms with E-state index < -0.39 is 5.97 Å².